The minimum absolute atomic E-state index is 0.684. The van der Waals surface area contributed by atoms with E-state index < -0.39 is 0 Å². The molecule has 1 aliphatic rings. The van der Waals surface area contributed by atoms with E-state index in [1.807, 2.05) is 26.2 Å². The van der Waals surface area contributed by atoms with Crippen LogP contribution in [0.4, 0.5) is 0 Å². The van der Waals surface area contributed by atoms with Gasteiger partial charge in [0.1, 0.15) is 12.4 Å². The molecule has 2 aromatic carbocycles. The van der Waals surface area contributed by atoms with Gasteiger partial charge in [-0.15, -0.1) is 0 Å². The van der Waals surface area contributed by atoms with Gasteiger partial charge in [-0.1, -0.05) is 42.8 Å². The first-order valence-electron chi connectivity index (χ1n) is 11.7. The Kier molecular flexibility index (Phi) is 9.85. The molecule has 32 heavy (non-hydrogen) atoms. The number of likely N-dealkylation sites (N-methyl/N-ethyl adjacent to an activating group) is 1. The minimum atomic E-state index is 0.684. The van der Waals surface area contributed by atoms with Gasteiger partial charge >= 0.3 is 0 Å². The summed E-state index contributed by atoms with van der Waals surface area (Å²) in [5.41, 5.74) is 3.81. The molecular weight excluding hydrogens is 398 g/mol. The van der Waals surface area contributed by atoms with Crippen molar-refractivity contribution in [3.63, 3.8) is 0 Å². The van der Waals surface area contributed by atoms with Crippen molar-refractivity contribution in [2.24, 2.45) is 4.99 Å². The molecule has 1 heterocycles. The number of benzene rings is 2. The predicted octanol–water partition coefficient (Wildman–Crippen LogP) is 3.48. The Labute approximate surface area is 193 Å². The Morgan fingerprint density at radius 2 is 1.62 bits per heavy atom. The van der Waals surface area contributed by atoms with E-state index in [-0.39, 0.29) is 0 Å². The monoisotopic (exact) mass is 437 g/mol. The number of rotatable bonds is 10. The molecule has 6 nitrogen and oxygen atoms in total. The average Bonchev–Trinajstić information content (AvgIpc) is 2.81. The van der Waals surface area contributed by atoms with Crippen molar-refractivity contribution in [2.75, 3.05) is 47.4 Å². The Balaban J connectivity index is 1.42. The molecule has 0 aliphatic carbocycles. The largest absolute Gasteiger partial charge is 0.492 e. The van der Waals surface area contributed by atoms with E-state index in [2.05, 4.69) is 61.8 Å². The van der Waals surface area contributed by atoms with E-state index in [1.165, 1.54) is 43.5 Å². The molecule has 0 aromatic heterocycles. The first-order chi connectivity index (χ1) is 15.6. The van der Waals surface area contributed by atoms with E-state index in [1.54, 1.807) is 7.05 Å². The van der Waals surface area contributed by atoms with Gasteiger partial charge in [0.15, 0.2) is 5.96 Å². The molecule has 1 aliphatic heterocycles. The van der Waals surface area contributed by atoms with Crippen molar-refractivity contribution in [3.8, 4) is 5.75 Å². The van der Waals surface area contributed by atoms with Crippen LogP contribution in [0.3, 0.4) is 0 Å². The molecule has 0 amide bonds. The Morgan fingerprint density at radius 3 is 2.31 bits per heavy atom. The summed E-state index contributed by atoms with van der Waals surface area (Å²) in [6.07, 6.45) is 4.05. The van der Waals surface area contributed by atoms with Gasteiger partial charge in [0.25, 0.3) is 0 Å². The first kappa shape index (κ1) is 24.1. The van der Waals surface area contributed by atoms with Gasteiger partial charge in [-0.2, -0.15) is 0 Å². The fraction of sp³-hybridized carbons (Fsp3) is 0.500. The van der Waals surface area contributed by atoms with E-state index >= 15 is 0 Å². The lowest BCUT2D eigenvalue weighted by Crippen LogP contribution is -2.36. The number of likely N-dealkylation sites (tertiary alicyclic amines) is 1. The minimum Gasteiger partial charge on any atom is -0.492 e. The second kappa shape index (κ2) is 13.1. The maximum Gasteiger partial charge on any atom is 0.191 e. The Morgan fingerprint density at radius 1 is 0.938 bits per heavy atom. The molecule has 0 radical (unpaired) electrons. The molecule has 0 saturated carbocycles. The lowest BCUT2D eigenvalue weighted by Gasteiger charge is -2.26. The lowest BCUT2D eigenvalue weighted by atomic mass is 10.1. The van der Waals surface area contributed by atoms with E-state index in [0.29, 0.717) is 13.2 Å². The highest BCUT2D eigenvalue weighted by Gasteiger charge is 2.10. The lowest BCUT2D eigenvalue weighted by molar-refractivity contribution is 0.221. The number of nitrogens with one attached hydrogen (secondary N) is 2. The highest BCUT2D eigenvalue weighted by Crippen LogP contribution is 2.14. The molecular formula is C26H39N5O. The zero-order valence-electron chi connectivity index (χ0n) is 19.9. The summed E-state index contributed by atoms with van der Waals surface area (Å²) >= 11 is 0. The number of aliphatic imine (C=N–C) groups is 1. The number of hydrogen-bond acceptors (Lipinski definition) is 4. The summed E-state index contributed by atoms with van der Waals surface area (Å²) in [5, 5.41) is 6.80. The van der Waals surface area contributed by atoms with Gasteiger partial charge in [-0.3, -0.25) is 9.89 Å². The van der Waals surface area contributed by atoms with Gasteiger partial charge in [-0.05, 0) is 68.8 Å². The van der Waals surface area contributed by atoms with Crippen LogP contribution >= 0.6 is 0 Å². The number of hydrogen-bond donors (Lipinski definition) is 2. The van der Waals surface area contributed by atoms with Crippen LogP contribution in [0.2, 0.25) is 0 Å². The van der Waals surface area contributed by atoms with Crippen LogP contribution < -0.4 is 15.4 Å². The standard InChI is InChI=1S/C26H39N5O/c1-27-26(29-20-24-8-7-9-25(18-24)32-17-16-30(2)3)28-19-22-10-12-23(13-11-22)21-31-14-5-4-6-15-31/h7-13,18H,4-6,14-17,19-21H2,1-3H3,(H2,27,28,29). The zero-order chi connectivity index (χ0) is 22.6. The van der Waals surface area contributed by atoms with E-state index in [9.17, 15) is 0 Å². The average molecular weight is 438 g/mol. The summed E-state index contributed by atoms with van der Waals surface area (Å²) in [5.74, 6) is 1.69. The highest BCUT2D eigenvalue weighted by atomic mass is 16.5. The summed E-state index contributed by atoms with van der Waals surface area (Å²) in [4.78, 5) is 9.03. The van der Waals surface area contributed by atoms with Gasteiger partial charge < -0.3 is 20.3 Å². The van der Waals surface area contributed by atoms with Crippen LogP contribution in [0, 0.1) is 0 Å². The van der Waals surface area contributed by atoms with Crippen LogP contribution in [0.5, 0.6) is 5.75 Å². The summed E-state index contributed by atoms with van der Waals surface area (Å²) < 4.78 is 5.84. The molecule has 0 bridgehead atoms. The van der Waals surface area contributed by atoms with Gasteiger partial charge in [0.2, 0.25) is 0 Å². The predicted molar refractivity (Wildman–Crippen MR) is 133 cm³/mol. The number of piperidine rings is 1. The summed E-state index contributed by atoms with van der Waals surface area (Å²) in [6, 6.07) is 17.2. The quantitative estimate of drug-likeness (QED) is 0.440. The van der Waals surface area contributed by atoms with Gasteiger partial charge in [0, 0.05) is 33.2 Å². The maximum absolute atomic E-state index is 5.84. The highest BCUT2D eigenvalue weighted by molar-refractivity contribution is 5.79. The van der Waals surface area contributed by atoms with Crippen LogP contribution in [-0.2, 0) is 19.6 Å². The molecule has 0 atom stereocenters. The second-order valence-electron chi connectivity index (χ2n) is 8.73. The normalized spacial score (nSPS) is 15.1. The third kappa shape index (κ3) is 8.52. The molecule has 2 aromatic rings. The molecule has 174 valence electrons. The van der Waals surface area contributed by atoms with Crippen LogP contribution in [0.25, 0.3) is 0 Å². The molecule has 0 spiro atoms. The molecule has 1 saturated heterocycles. The second-order valence-corrected chi connectivity index (χ2v) is 8.73. The summed E-state index contributed by atoms with van der Waals surface area (Å²) in [6.45, 7) is 6.56. The molecule has 6 heteroatoms. The van der Waals surface area contributed by atoms with Crippen LogP contribution in [-0.4, -0.2) is 63.1 Å². The molecule has 0 unspecified atom stereocenters. The summed E-state index contributed by atoms with van der Waals surface area (Å²) in [7, 11) is 5.90. The SMILES string of the molecule is CN=C(NCc1ccc(CN2CCCCC2)cc1)NCc1cccc(OCCN(C)C)c1. The van der Waals surface area contributed by atoms with Crippen molar-refractivity contribution in [1.29, 1.82) is 0 Å². The fourth-order valence-electron chi connectivity index (χ4n) is 3.82. The topological polar surface area (TPSA) is 52.1 Å². The zero-order valence-corrected chi connectivity index (χ0v) is 19.9. The number of ether oxygens (including phenoxy) is 1. The Hall–Kier alpha value is -2.57. The first-order valence-corrected chi connectivity index (χ1v) is 11.7. The number of guanidine groups is 1. The van der Waals surface area contributed by atoms with Crippen molar-refractivity contribution in [3.05, 3.63) is 65.2 Å². The van der Waals surface area contributed by atoms with Gasteiger partial charge in [0.05, 0.1) is 0 Å². The molecule has 1 fully saturated rings. The van der Waals surface area contributed by atoms with Gasteiger partial charge in [-0.25, -0.2) is 0 Å². The maximum atomic E-state index is 5.84. The fourth-order valence-corrected chi connectivity index (χ4v) is 3.82. The molecule has 2 N–H and O–H groups in total. The van der Waals surface area contributed by atoms with Crippen molar-refractivity contribution in [1.82, 2.24) is 20.4 Å². The molecule has 3 rings (SSSR count). The van der Waals surface area contributed by atoms with E-state index in [0.717, 1.165) is 36.9 Å². The van der Waals surface area contributed by atoms with Crippen molar-refractivity contribution in [2.45, 2.75) is 38.9 Å². The van der Waals surface area contributed by atoms with Crippen LogP contribution in [0.1, 0.15) is 36.0 Å². The number of nitrogens with zero attached hydrogens (tertiary/aromatic N) is 3. The third-order valence-corrected chi connectivity index (χ3v) is 5.73. The smallest absolute Gasteiger partial charge is 0.191 e. The third-order valence-electron chi connectivity index (χ3n) is 5.73. The Bertz CT molecular complexity index is 828. The van der Waals surface area contributed by atoms with Crippen molar-refractivity contribution < 1.29 is 4.74 Å². The van der Waals surface area contributed by atoms with E-state index in [4.69, 9.17) is 4.74 Å². The van der Waals surface area contributed by atoms with Crippen LogP contribution in [0.15, 0.2) is 53.5 Å². The van der Waals surface area contributed by atoms with Crippen molar-refractivity contribution >= 4 is 5.96 Å².